The summed E-state index contributed by atoms with van der Waals surface area (Å²) in [7, 11) is 0. The minimum absolute atomic E-state index is 0.0979. The molecule has 4 rings (SSSR count). The van der Waals surface area contributed by atoms with Gasteiger partial charge in [0.1, 0.15) is 5.78 Å². The molecule has 0 spiro atoms. The van der Waals surface area contributed by atoms with E-state index >= 15 is 0 Å². The van der Waals surface area contributed by atoms with Crippen LogP contribution in [0.4, 0.5) is 0 Å². The van der Waals surface area contributed by atoms with Crippen LogP contribution in [-0.2, 0) is 4.79 Å². The summed E-state index contributed by atoms with van der Waals surface area (Å²) in [6.45, 7) is 0. The first-order valence-corrected chi connectivity index (χ1v) is 6.02. The lowest BCUT2D eigenvalue weighted by Crippen LogP contribution is -2.52. The van der Waals surface area contributed by atoms with Crippen LogP contribution in [0.15, 0.2) is 0 Å². The highest BCUT2D eigenvalue weighted by atomic mass is 16.3. The monoisotopic (exact) mass is 190 g/mol. The van der Waals surface area contributed by atoms with E-state index in [9.17, 15) is 9.90 Å². The van der Waals surface area contributed by atoms with Crippen molar-refractivity contribution in [2.75, 3.05) is 0 Å². The van der Waals surface area contributed by atoms with E-state index in [1.165, 1.54) is 12.8 Å². The molecule has 0 bridgehead atoms. The zero-order chi connectivity index (χ0) is 9.19. The van der Waals surface area contributed by atoms with Crippen LogP contribution >= 0.6 is 0 Å². The Balaban J connectivity index is 1.82. The van der Waals surface area contributed by atoms with E-state index in [2.05, 4.69) is 0 Å². The first-order chi connectivity index (χ1) is 6.80. The van der Waals surface area contributed by atoms with E-state index in [1.54, 1.807) is 0 Å². The van der Waals surface area contributed by atoms with E-state index in [-0.39, 0.29) is 6.10 Å². The lowest BCUT2D eigenvalue weighted by molar-refractivity contribution is -0.141. The molecule has 9 unspecified atom stereocenters. The number of hydrogen-bond donors (Lipinski definition) is 1. The SMILES string of the molecule is O=C1C2C3CCC4C2C(O)C2C1C3C42. The molecule has 14 heavy (non-hydrogen) atoms. The van der Waals surface area contributed by atoms with Gasteiger partial charge in [-0.25, -0.2) is 0 Å². The van der Waals surface area contributed by atoms with Crippen LogP contribution in [-0.4, -0.2) is 17.0 Å². The summed E-state index contributed by atoms with van der Waals surface area (Å²) in [4.78, 5) is 12.1. The maximum absolute atomic E-state index is 12.1. The van der Waals surface area contributed by atoms with Gasteiger partial charge in [0, 0.05) is 11.8 Å². The van der Waals surface area contributed by atoms with Gasteiger partial charge in [-0.2, -0.15) is 0 Å². The highest BCUT2D eigenvalue weighted by Crippen LogP contribution is 2.78. The number of carbonyl (C=O) groups excluding carboxylic acids is 1. The Kier molecular flexibility index (Phi) is 0.853. The topological polar surface area (TPSA) is 37.3 Å². The fraction of sp³-hybridized carbons (Fsp3) is 0.917. The quantitative estimate of drug-likeness (QED) is 0.571. The van der Waals surface area contributed by atoms with Crippen LogP contribution in [0.25, 0.3) is 0 Å². The number of Topliss-reactive ketones (excluding diaryl/α,β-unsaturated/α-hetero) is 1. The van der Waals surface area contributed by atoms with Crippen LogP contribution < -0.4 is 0 Å². The Bertz CT molecular complexity index is 357. The predicted molar refractivity (Wildman–Crippen MR) is 48.2 cm³/mol. The van der Waals surface area contributed by atoms with Crippen molar-refractivity contribution in [3.8, 4) is 0 Å². The van der Waals surface area contributed by atoms with Crippen molar-refractivity contribution in [3.05, 3.63) is 0 Å². The molecule has 0 heterocycles. The second-order valence-electron chi connectivity index (χ2n) is 6.16. The van der Waals surface area contributed by atoms with Crippen molar-refractivity contribution in [3.63, 3.8) is 0 Å². The molecule has 4 fully saturated rings. The Morgan fingerprint density at radius 3 is 2.57 bits per heavy atom. The Labute approximate surface area is 82.7 Å². The molecule has 4 aliphatic carbocycles. The van der Waals surface area contributed by atoms with Gasteiger partial charge >= 0.3 is 0 Å². The molecule has 9 atom stereocenters. The summed E-state index contributed by atoms with van der Waals surface area (Å²) in [5.74, 6) is 4.89. The number of fused-ring (bicyclic) bond motifs is 9. The molecule has 0 aromatic rings. The molecule has 0 radical (unpaired) electrons. The van der Waals surface area contributed by atoms with Gasteiger partial charge in [0.15, 0.2) is 0 Å². The van der Waals surface area contributed by atoms with Crippen molar-refractivity contribution >= 4 is 5.78 Å². The van der Waals surface area contributed by atoms with Gasteiger partial charge in [-0.3, -0.25) is 4.79 Å². The highest BCUT2D eigenvalue weighted by molar-refractivity contribution is 5.90. The predicted octanol–water partition coefficient (Wildman–Crippen LogP) is 0.694. The van der Waals surface area contributed by atoms with Gasteiger partial charge in [-0.05, 0) is 48.3 Å². The van der Waals surface area contributed by atoms with Crippen molar-refractivity contribution in [2.45, 2.75) is 18.9 Å². The molecular weight excluding hydrogens is 176 g/mol. The summed E-state index contributed by atoms with van der Waals surface area (Å²) < 4.78 is 0. The number of aliphatic hydroxyl groups excluding tert-OH is 1. The first-order valence-electron chi connectivity index (χ1n) is 6.02. The van der Waals surface area contributed by atoms with Crippen LogP contribution in [0.5, 0.6) is 0 Å². The van der Waals surface area contributed by atoms with Crippen molar-refractivity contribution in [1.29, 1.82) is 0 Å². The molecule has 0 saturated heterocycles. The maximum Gasteiger partial charge on any atom is 0.140 e. The number of ketones is 1. The van der Waals surface area contributed by atoms with Gasteiger partial charge in [0.25, 0.3) is 0 Å². The van der Waals surface area contributed by atoms with E-state index in [0.29, 0.717) is 35.4 Å². The Morgan fingerprint density at radius 2 is 1.71 bits per heavy atom. The molecule has 2 heteroatoms. The average Bonchev–Trinajstić information content (AvgIpc) is 2.40. The molecule has 4 aliphatic rings. The molecule has 0 aliphatic heterocycles. The third-order valence-corrected chi connectivity index (χ3v) is 6.36. The highest BCUT2D eigenvalue weighted by Gasteiger charge is 2.80. The fourth-order valence-electron chi connectivity index (χ4n) is 6.32. The zero-order valence-corrected chi connectivity index (χ0v) is 7.97. The minimum Gasteiger partial charge on any atom is -0.392 e. The van der Waals surface area contributed by atoms with Crippen LogP contribution in [0.1, 0.15) is 12.8 Å². The number of hydrogen-bond acceptors (Lipinski definition) is 2. The zero-order valence-electron chi connectivity index (χ0n) is 7.97. The molecule has 0 amide bonds. The van der Waals surface area contributed by atoms with E-state index in [1.807, 2.05) is 0 Å². The number of rotatable bonds is 0. The third-order valence-electron chi connectivity index (χ3n) is 6.36. The van der Waals surface area contributed by atoms with E-state index in [4.69, 9.17) is 0 Å². The van der Waals surface area contributed by atoms with Gasteiger partial charge < -0.3 is 5.11 Å². The third kappa shape index (κ3) is 0.410. The van der Waals surface area contributed by atoms with Gasteiger partial charge in [-0.1, -0.05) is 0 Å². The summed E-state index contributed by atoms with van der Waals surface area (Å²) in [5, 5.41) is 10.2. The molecule has 4 saturated carbocycles. The normalized spacial score (nSPS) is 75.8. The van der Waals surface area contributed by atoms with E-state index in [0.717, 1.165) is 17.8 Å². The first kappa shape index (κ1) is 7.00. The molecule has 0 aromatic carbocycles. The Hall–Kier alpha value is -0.370. The van der Waals surface area contributed by atoms with E-state index < -0.39 is 0 Å². The number of carbonyl (C=O) groups is 1. The van der Waals surface area contributed by atoms with Crippen molar-refractivity contribution in [1.82, 2.24) is 0 Å². The second-order valence-corrected chi connectivity index (χ2v) is 6.16. The minimum atomic E-state index is -0.0979. The largest absolute Gasteiger partial charge is 0.392 e. The lowest BCUT2D eigenvalue weighted by atomic mass is 9.50. The molecule has 0 aromatic heterocycles. The van der Waals surface area contributed by atoms with Crippen LogP contribution in [0, 0.1) is 47.3 Å². The van der Waals surface area contributed by atoms with Gasteiger partial charge in [-0.15, -0.1) is 0 Å². The summed E-state index contributed by atoms with van der Waals surface area (Å²) in [5.41, 5.74) is 0. The summed E-state index contributed by atoms with van der Waals surface area (Å²) in [6.07, 6.45) is 2.49. The van der Waals surface area contributed by atoms with Gasteiger partial charge in [0.05, 0.1) is 6.10 Å². The van der Waals surface area contributed by atoms with Crippen LogP contribution in [0.2, 0.25) is 0 Å². The summed E-state index contributed by atoms with van der Waals surface area (Å²) >= 11 is 0. The average molecular weight is 190 g/mol. The molecule has 2 nitrogen and oxygen atoms in total. The number of aliphatic hydroxyl groups is 1. The smallest absolute Gasteiger partial charge is 0.140 e. The second kappa shape index (κ2) is 1.71. The standard InChI is InChI=1S/C12H14O2/c13-11-7-3-1-2-4-6-5(3)9(11)10(6)12(14)8(4)7/h3-11,13H,1-2H2. The van der Waals surface area contributed by atoms with Crippen molar-refractivity contribution in [2.24, 2.45) is 47.3 Å². The van der Waals surface area contributed by atoms with Crippen molar-refractivity contribution < 1.29 is 9.90 Å². The molecular formula is C12H14O2. The molecule has 74 valence electrons. The summed E-state index contributed by atoms with van der Waals surface area (Å²) in [6, 6.07) is 0. The van der Waals surface area contributed by atoms with Gasteiger partial charge in [0.2, 0.25) is 0 Å². The fourth-order valence-corrected chi connectivity index (χ4v) is 6.32. The maximum atomic E-state index is 12.1. The Morgan fingerprint density at radius 1 is 0.929 bits per heavy atom. The molecule has 1 N–H and O–H groups in total. The van der Waals surface area contributed by atoms with Crippen LogP contribution in [0.3, 0.4) is 0 Å². The lowest BCUT2D eigenvalue weighted by Gasteiger charge is -2.53.